The van der Waals surface area contributed by atoms with Crippen molar-refractivity contribution < 1.29 is 5.11 Å². The SMILES string of the molecule is CN(C)CCN1CCC(CCO)C1(C)C. The Morgan fingerprint density at radius 3 is 2.60 bits per heavy atom. The first-order valence-corrected chi connectivity index (χ1v) is 5.99. The zero-order valence-corrected chi connectivity index (χ0v) is 10.7. The molecular weight excluding hydrogens is 188 g/mol. The third-order valence-corrected chi connectivity index (χ3v) is 3.86. The summed E-state index contributed by atoms with van der Waals surface area (Å²) in [5.74, 6) is 0.657. The minimum atomic E-state index is 0.263. The summed E-state index contributed by atoms with van der Waals surface area (Å²) < 4.78 is 0. The number of rotatable bonds is 5. The highest BCUT2D eigenvalue weighted by molar-refractivity contribution is 4.95. The van der Waals surface area contributed by atoms with Gasteiger partial charge in [0.2, 0.25) is 0 Å². The van der Waals surface area contributed by atoms with Gasteiger partial charge in [-0.2, -0.15) is 0 Å². The summed E-state index contributed by atoms with van der Waals surface area (Å²) in [6.07, 6.45) is 2.19. The van der Waals surface area contributed by atoms with Crippen molar-refractivity contribution in [1.29, 1.82) is 0 Å². The Labute approximate surface area is 94.1 Å². The number of hydrogen-bond acceptors (Lipinski definition) is 3. The van der Waals surface area contributed by atoms with E-state index in [9.17, 15) is 0 Å². The van der Waals surface area contributed by atoms with Crippen molar-refractivity contribution in [3.8, 4) is 0 Å². The first-order chi connectivity index (χ1) is 6.98. The molecule has 0 amide bonds. The largest absolute Gasteiger partial charge is 0.396 e. The van der Waals surface area contributed by atoms with Crippen LogP contribution in [0.3, 0.4) is 0 Å². The number of likely N-dealkylation sites (N-methyl/N-ethyl adjacent to an activating group) is 1. The number of aliphatic hydroxyl groups is 1. The van der Waals surface area contributed by atoms with E-state index in [1.165, 1.54) is 13.0 Å². The predicted molar refractivity (Wildman–Crippen MR) is 64.0 cm³/mol. The molecule has 1 aliphatic rings. The topological polar surface area (TPSA) is 26.7 Å². The maximum Gasteiger partial charge on any atom is 0.0434 e. The van der Waals surface area contributed by atoms with Gasteiger partial charge in [0.25, 0.3) is 0 Å². The zero-order chi connectivity index (χ0) is 11.5. The van der Waals surface area contributed by atoms with Crippen molar-refractivity contribution in [2.45, 2.75) is 32.2 Å². The fourth-order valence-corrected chi connectivity index (χ4v) is 2.59. The standard InChI is InChI=1S/C12H26N2O/c1-12(2)11(6-10-15)5-7-14(12)9-8-13(3)4/h11,15H,5-10H2,1-4H3. The van der Waals surface area contributed by atoms with E-state index < -0.39 is 0 Å². The molecular formula is C12H26N2O. The molecule has 1 heterocycles. The molecule has 1 fully saturated rings. The maximum atomic E-state index is 9.04. The van der Waals surface area contributed by atoms with Crippen molar-refractivity contribution >= 4 is 0 Å². The van der Waals surface area contributed by atoms with Crippen molar-refractivity contribution in [3.05, 3.63) is 0 Å². The van der Waals surface area contributed by atoms with E-state index in [-0.39, 0.29) is 5.54 Å². The minimum Gasteiger partial charge on any atom is -0.396 e. The average molecular weight is 214 g/mol. The van der Waals surface area contributed by atoms with Crippen LogP contribution in [0.25, 0.3) is 0 Å². The van der Waals surface area contributed by atoms with Gasteiger partial charge in [0, 0.05) is 25.2 Å². The molecule has 1 N–H and O–H groups in total. The number of nitrogens with zero attached hydrogens (tertiary/aromatic N) is 2. The Balaban J connectivity index is 2.47. The summed E-state index contributed by atoms with van der Waals surface area (Å²) >= 11 is 0. The molecule has 0 aromatic heterocycles. The second-order valence-electron chi connectivity index (χ2n) is 5.44. The lowest BCUT2D eigenvalue weighted by atomic mass is 9.86. The minimum absolute atomic E-state index is 0.263. The first-order valence-electron chi connectivity index (χ1n) is 5.99. The van der Waals surface area contributed by atoms with Crippen LogP contribution in [0.1, 0.15) is 26.7 Å². The summed E-state index contributed by atoms with van der Waals surface area (Å²) in [7, 11) is 4.24. The van der Waals surface area contributed by atoms with Crippen molar-refractivity contribution in [3.63, 3.8) is 0 Å². The van der Waals surface area contributed by atoms with E-state index in [0.717, 1.165) is 19.5 Å². The first kappa shape index (κ1) is 12.9. The summed E-state index contributed by atoms with van der Waals surface area (Å²) in [5.41, 5.74) is 0.263. The van der Waals surface area contributed by atoms with Crippen LogP contribution in [0.2, 0.25) is 0 Å². The highest BCUT2D eigenvalue weighted by Crippen LogP contribution is 2.36. The van der Waals surface area contributed by atoms with Gasteiger partial charge in [-0.3, -0.25) is 4.90 Å². The Hall–Kier alpha value is -0.120. The van der Waals surface area contributed by atoms with E-state index in [1.54, 1.807) is 0 Å². The molecule has 0 saturated carbocycles. The molecule has 0 aliphatic carbocycles. The van der Waals surface area contributed by atoms with Gasteiger partial charge in [-0.1, -0.05) is 0 Å². The maximum absolute atomic E-state index is 9.04. The molecule has 0 radical (unpaired) electrons. The highest BCUT2D eigenvalue weighted by atomic mass is 16.3. The van der Waals surface area contributed by atoms with Crippen LogP contribution in [-0.2, 0) is 0 Å². The van der Waals surface area contributed by atoms with Gasteiger partial charge >= 0.3 is 0 Å². The predicted octanol–water partition coefficient (Wildman–Crippen LogP) is 1.03. The van der Waals surface area contributed by atoms with Crippen molar-refractivity contribution in [2.24, 2.45) is 5.92 Å². The molecule has 15 heavy (non-hydrogen) atoms. The Morgan fingerprint density at radius 2 is 2.07 bits per heavy atom. The second kappa shape index (κ2) is 5.28. The van der Waals surface area contributed by atoms with Crippen LogP contribution in [0.5, 0.6) is 0 Å². The number of likely N-dealkylation sites (tertiary alicyclic amines) is 1. The normalized spacial score (nSPS) is 26.4. The monoisotopic (exact) mass is 214 g/mol. The van der Waals surface area contributed by atoms with Crippen LogP contribution in [0.15, 0.2) is 0 Å². The van der Waals surface area contributed by atoms with Crippen LogP contribution >= 0.6 is 0 Å². The van der Waals surface area contributed by atoms with E-state index >= 15 is 0 Å². The molecule has 0 bridgehead atoms. The third kappa shape index (κ3) is 3.16. The summed E-state index contributed by atoms with van der Waals surface area (Å²) in [6.45, 7) is 8.41. The van der Waals surface area contributed by atoms with Crippen molar-refractivity contribution in [2.75, 3.05) is 40.3 Å². The molecule has 3 heteroatoms. The van der Waals surface area contributed by atoms with Gasteiger partial charge in [-0.15, -0.1) is 0 Å². The van der Waals surface area contributed by atoms with Crippen LogP contribution in [-0.4, -0.2) is 60.8 Å². The Morgan fingerprint density at radius 1 is 1.40 bits per heavy atom. The zero-order valence-electron chi connectivity index (χ0n) is 10.7. The van der Waals surface area contributed by atoms with Gasteiger partial charge in [0.15, 0.2) is 0 Å². The molecule has 90 valence electrons. The van der Waals surface area contributed by atoms with E-state index in [0.29, 0.717) is 12.5 Å². The van der Waals surface area contributed by atoms with Gasteiger partial charge in [-0.25, -0.2) is 0 Å². The summed E-state index contributed by atoms with van der Waals surface area (Å²) in [4.78, 5) is 4.79. The van der Waals surface area contributed by atoms with Crippen LogP contribution in [0, 0.1) is 5.92 Å². The molecule has 1 unspecified atom stereocenters. The third-order valence-electron chi connectivity index (χ3n) is 3.86. The summed E-state index contributed by atoms with van der Waals surface area (Å²) in [5, 5.41) is 9.04. The van der Waals surface area contributed by atoms with Gasteiger partial charge < -0.3 is 10.0 Å². The molecule has 1 atom stereocenters. The molecule has 1 aliphatic heterocycles. The smallest absolute Gasteiger partial charge is 0.0434 e. The highest BCUT2D eigenvalue weighted by Gasteiger charge is 2.39. The van der Waals surface area contributed by atoms with E-state index in [4.69, 9.17) is 5.11 Å². The van der Waals surface area contributed by atoms with E-state index in [2.05, 4.69) is 37.7 Å². The molecule has 0 aromatic rings. The lowest BCUT2D eigenvalue weighted by Crippen LogP contribution is -2.45. The summed E-state index contributed by atoms with van der Waals surface area (Å²) in [6, 6.07) is 0. The molecule has 1 saturated heterocycles. The lowest BCUT2D eigenvalue weighted by Gasteiger charge is -2.36. The Bertz CT molecular complexity index is 192. The fraction of sp³-hybridized carbons (Fsp3) is 1.00. The molecule has 3 nitrogen and oxygen atoms in total. The average Bonchev–Trinajstić information content (AvgIpc) is 2.40. The number of aliphatic hydroxyl groups excluding tert-OH is 1. The van der Waals surface area contributed by atoms with E-state index in [1.807, 2.05) is 0 Å². The second-order valence-corrected chi connectivity index (χ2v) is 5.44. The van der Waals surface area contributed by atoms with Gasteiger partial charge in [0.05, 0.1) is 0 Å². The molecule has 0 aromatic carbocycles. The molecule has 0 spiro atoms. The van der Waals surface area contributed by atoms with Gasteiger partial charge in [-0.05, 0) is 53.2 Å². The number of hydrogen-bond donors (Lipinski definition) is 1. The van der Waals surface area contributed by atoms with Gasteiger partial charge in [0.1, 0.15) is 0 Å². The van der Waals surface area contributed by atoms with Crippen LogP contribution < -0.4 is 0 Å². The van der Waals surface area contributed by atoms with Crippen LogP contribution in [0.4, 0.5) is 0 Å². The lowest BCUT2D eigenvalue weighted by molar-refractivity contribution is 0.113. The fourth-order valence-electron chi connectivity index (χ4n) is 2.59. The quantitative estimate of drug-likeness (QED) is 0.740. The Kier molecular flexibility index (Phi) is 4.56. The molecule has 1 rings (SSSR count). The van der Waals surface area contributed by atoms with Crippen molar-refractivity contribution in [1.82, 2.24) is 9.80 Å².